The Morgan fingerprint density at radius 2 is 1.82 bits per heavy atom. The molecule has 0 spiro atoms. The molecule has 1 aliphatic carbocycles. The van der Waals surface area contributed by atoms with Crippen molar-refractivity contribution in [3.8, 4) is 11.8 Å². The van der Waals surface area contributed by atoms with Gasteiger partial charge in [-0.25, -0.2) is 0 Å². The first-order valence-electron chi connectivity index (χ1n) is 12.5. The van der Waals surface area contributed by atoms with Crippen LogP contribution in [0.3, 0.4) is 0 Å². The van der Waals surface area contributed by atoms with E-state index < -0.39 is 5.92 Å². The Morgan fingerprint density at radius 1 is 1.11 bits per heavy atom. The third-order valence-corrected chi connectivity index (χ3v) is 8.00. The van der Waals surface area contributed by atoms with Crippen LogP contribution in [0.1, 0.15) is 47.4 Å². The SMILES string of the molecule is Cc1cc(COc2ccc(Br)cc2)c(C)c(C2C(C#N)=C(N)N(c3ccc(Cl)cc3)C3=C2C(=O)CCC3)c1. The average Bonchev–Trinajstić information content (AvgIpc) is 2.90. The van der Waals surface area contributed by atoms with Crippen molar-refractivity contribution >= 4 is 39.0 Å². The van der Waals surface area contributed by atoms with Gasteiger partial charge in [0.25, 0.3) is 0 Å². The fourth-order valence-electron chi connectivity index (χ4n) is 5.39. The zero-order valence-corrected chi connectivity index (χ0v) is 23.6. The number of nitrogens with two attached hydrogens (primary N) is 1. The molecule has 5 rings (SSSR count). The van der Waals surface area contributed by atoms with Gasteiger partial charge < -0.3 is 10.5 Å². The third kappa shape index (κ3) is 4.84. The van der Waals surface area contributed by atoms with Gasteiger partial charge in [-0.1, -0.05) is 45.2 Å². The molecule has 5 nitrogen and oxygen atoms in total. The highest BCUT2D eigenvalue weighted by molar-refractivity contribution is 9.10. The number of ketones is 1. The number of rotatable bonds is 5. The minimum atomic E-state index is -0.530. The van der Waals surface area contributed by atoms with Gasteiger partial charge in [0.15, 0.2) is 5.78 Å². The van der Waals surface area contributed by atoms with Gasteiger partial charge >= 0.3 is 0 Å². The summed E-state index contributed by atoms with van der Waals surface area (Å²) < 4.78 is 7.08. The lowest BCUT2D eigenvalue weighted by Gasteiger charge is -2.40. The summed E-state index contributed by atoms with van der Waals surface area (Å²) in [6.45, 7) is 4.41. The highest BCUT2D eigenvalue weighted by atomic mass is 79.9. The molecule has 3 aromatic rings. The summed E-state index contributed by atoms with van der Waals surface area (Å²) in [7, 11) is 0. The number of halogens is 2. The summed E-state index contributed by atoms with van der Waals surface area (Å²) in [5.74, 6) is 0.643. The van der Waals surface area contributed by atoms with Crippen molar-refractivity contribution in [3.63, 3.8) is 0 Å². The molecule has 7 heteroatoms. The van der Waals surface area contributed by atoms with Crippen LogP contribution < -0.4 is 15.4 Å². The first kappa shape index (κ1) is 26.1. The molecule has 38 heavy (non-hydrogen) atoms. The molecule has 1 unspecified atom stereocenters. The largest absolute Gasteiger partial charge is 0.489 e. The van der Waals surface area contributed by atoms with Crippen molar-refractivity contribution in [2.75, 3.05) is 4.90 Å². The quantitative estimate of drug-likeness (QED) is 0.332. The molecule has 2 N–H and O–H groups in total. The second kappa shape index (κ2) is 10.7. The third-order valence-electron chi connectivity index (χ3n) is 7.22. The van der Waals surface area contributed by atoms with E-state index in [1.807, 2.05) is 55.1 Å². The molecule has 1 heterocycles. The van der Waals surface area contributed by atoms with Crippen LogP contribution in [0.4, 0.5) is 5.69 Å². The molecule has 2 aliphatic rings. The zero-order valence-electron chi connectivity index (χ0n) is 21.2. The Bertz CT molecular complexity index is 1520. The number of aryl methyl sites for hydroxylation is 1. The Balaban J connectivity index is 1.62. The van der Waals surface area contributed by atoms with E-state index in [2.05, 4.69) is 34.1 Å². The monoisotopic (exact) mass is 587 g/mol. The van der Waals surface area contributed by atoms with Crippen molar-refractivity contribution in [2.24, 2.45) is 5.73 Å². The van der Waals surface area contributed by atoms with Gasteiger partial charge in [0.2, 0.25) is 0 Å². The standard InChI is InChI=1S/C31H27BrClN3O2/c1-18-14-20(17-38-24-12-6-21(32)7-13-24)19(2)25(15-18)29-26(16-34)31(35)36(23-10-8-22(33)9-11-23)27-4-3-5-28(37)30(27)29/h6-15,29H,3-5,17,35H2,1-2H3. The van der Waals surface area contributed by atoms with E-state index >= 15 is 0 Å². The summed E-state index contributed by atoms with van der Waals surface area (Å²) in [6, 6.07) is 21.5. The summed E-state index contributed by atoms with van der Waals surface area (Å²) in [5, 5.41) is 11.0. The van der Waals surface area contributed by atoms with E-state index in [0.29, 0.717) is 41.4 Å². The molecule has 3 aromatic carbocycles. The number of carbonyl (C=O) groups excluding carboxylic acids is 1. The highest BCUT2D eigenvalue weighted by Crippen LogP contribution is 2.47. The lowest BCUT2D eigenvalue weighted by Crippen LogP contribution is -2.39. The number of hydrogen-bond acceptors (Lipinski definition) is 5. The van der Waals surface area contributed by atoms with E-state index in [4.69, 9.17) is 22.1 Å². The minimum absolute atomic E-state index is 0.0593. The summed E-state index contributed by atoms with van der Waals surface area (Å²) in [4.78, 5) is 15.4. The number of hydrogen-bond donors (Lipinski definition) is 1. The molecule has 1 atom stereocenters. The van der Waals surface area contributed by atoms with Gasteiger partial charge in [-0.2, -0.15) is 5.26 Å². The second-order valence-electron chi connectivity index (χ2n) is 9.67. The lowest BCUT2D eigenvalue weighted by molar-refractivity contribution is -0.116. The number of nitrogens with zero attached hydrogens (tertiary/aromatic N) is 2. The van der Waals surface area contributed by atoms with Gasteiger partial charge in [0.1, 0.15) is 18.2 Å². The molecule has 0 fully saturated rings. The summed E-state index contributed by atoms with van der Waals surface area (Å²) in [5.41, 5.74) is 13.3. The summed E-state index contributed by atoms with van der Waals surface area (Å²) >= 11 is 9.58. The van der Waals surface area contributed by atoms with Crippen molar-refractivity contribution in [1.29, 1.82) is 5.26 Å². The molecule has 0 saturated carbocycles. The number of anilines is 1. The molecule has 1 aliphatic heterocycles. The van der Waals surface area contributed by atoms with Crippen LogP contribution in [0.15, 0.2) is 87.8 Å². The predicted octanol–water partition coefficient (Wildman–Crippen LogP) is 7.60. The Kier molecular flexibility index (Phi) is 7.34. The summed E-state index contributed by atoms with van der Waals surface area (Å²) in [6.07, 6.45) is 1.89. The van der Waals surface area contributed by atoms with Crippen molar-refractivity contribution < 1.29 is 9.53 Å². The van der Waals surface area contributed by atoms with Gasteiger partial charge in [0.05, 0.1) is 17.6 Å². The van der Waals surface area contributed by atoms with Gasteiger partial charge in [-0.3, -0.25) is 9.69 Å². The Morgan fingerprint density at radius 3 is 2.50 bits per heavy atom. The number of benzene rings is 3. The lowest BCUT2D eigenvalue weighted by atomic mass is 9.73. The normalized spacial score (nSPS) is 17.4. The smallest absolute Gasteiger partial charge is 0.161 e. The zero-order chi connectivity index (χ0) is 27.0. The predicted molar refractivity (Wildman–Crippen MR) is 154 cm³/mol. The van der Waals surface area contributed by atoms with Crippen LogP contribution in [-0.2, 0) is 11.4 Å². The van der Waals surface area contributed by atoms with Gasteiger partial charge in [-0.15, -0.1) is 0 Å². The maximum atomic E-state index is 13.5. The number of allylic oxidation sites excluding steroid dienone is 3. The highest BCUT2D eigenvalue weighted by Gasteiger charge is 2.41. The molecular formula is C31H27BrClN3O2. The van der Waals surface area contributed by atoms with Crippen LogP contribution >= 0.6 is 27.5 Å². The van der Waals surface area contributed by atoms with Crippen LogP contribution in [0.25, 0.3) is 0 Å². The first-order chi connectivity index (χ1) is 18.3. The Labute approximate surface area is 236 Å². The topological polar surface area (TPSA) is 79.3 Å². The van der Waals surface area contributed by atoms with Crippen LogP contribution in [-0.4, -0.2) is 5.78 Å². The van der Waals surface area contributed by atoms with E-state index in [1.165, 1.54) is 0 Å². The molecule has 0 radical (unpaired) electrons. The fourth-order valence-corrected chi connectivity index (χ4v) is 5.78. The van der Waals surface area contributed by atoms with Crippen molar-refractivity contribution in [3.05, 3.63) is 115 Å². The average molecular weight is 589 g/mol. The molecule has 0 saturated heterocycles. The number of Topliss-reactive ketones (excluding diaryl/α,β-unsaturated/α-hetero) is 1. The first-order valence-corrected chi connectivity index (χ1v) is 13.7. The molecular weight excluding hydrogens is 562 g/mol. The van der Waals surface area contributed by atoms with Crippen LogP contribution in [0.5, 0.6) is 5.75 Å². The van der Waals surface area contributed by atoms with E-state index in [9.17, 15) is 10.1 Å². The van der Waals surface area contributed by atoms with Crippen LogP contribution in [0, 0.1) is 25.2 Å². The van der Waals surface area contributed by atoms with Crippen molar-refractivity contribution in [2.45, 2.75) is 45.6 Å². The number of nitriles is 1. The van der Waals surface area contributed by atoms with E-state index in [-0.39, 0.29) is 5.78 Å². The molecule has 192 valence electrons. The number of ether oxygens (including phenoxy) is 1. The van der Waals surface area contributed by atoms with Gasteiger partial charge in [-0.05, 0) is 91.9 Å². The van der Waals surface area contributed by atoms with E-state index in [1.54, 1.807) is 12.1 Å². The molecule has 0 aromatic heterocycles. The minimum Gasteiger partial charge on any atom is -0.489 e. The van der Waals surface area contributed by atoms with E-state index in [0.717, 1.165) is 50.3 Å². The Hall–Kier alpha value is -3.53. The maximum Gasteiger partial charge on any atom is 0.161 e. The number of carbonyl (C=O) groups is 1. The second-order valence-corrected chi connectivity index (χ2v) is 11.0. The van der Waals surface area contributed by atoms with Gasteiger partial charge in [0, 0.05) is 32.9 Å². The van der Waals surface area contributed by atoms with Crippen LogP contribution in [0.2, 0.25) is 5.02 Å². The molecule has 0 amide bonds. The van der Waals surface area contributed by atoms with Crippen molar-refractivity contribution in [1.82, 2.24) is 0 Å². The maximum absolute atomic E-state index is 13.5. The molecule has 0 bridgehead atoms. The fraction of sp³-hybridized carbons (Fsp3) is 0.226.